The molecule has 0 radical (unpaired) electrons. The Labute approximate surface area is 108 Å². The van der Waals surface area contributed by atoms with Gasteiger partial charge in [-0.05, 0) is 30.0 Å². The lowest BCUT2D eigenvalue weighted by molar-refractivity contribution is 0.182. The summed E-state index contributed by atoms with van der Waals surface area (Å²) in [6, 6.07) is 18.0. The Kier molecular flexibility index (Phi) is 4.32. The quantitative estimate of drug-likeness (QED) is 0.849. The normalized spacial score (nSPS) is 12.8. The number of aliphatic hydroxyl groups excluding tert-OH is 1. The van der Waals surface area contributed by atoms with Gasteiger partial charge >= 0.3 is 0 Å². The maximum Gasteiger partial charge on any atom is 0.0824 e. The number of aliphatic hydroxyl groups is 1. The molecule has 0 fully saturated rings. The van der Waals surface area contributed by atoms with Gasteiger partial charge in [0.1, 0.15) is 0 Å². The van der Waals surface area contributed by atoms with Crippen LogP contribution in [0.4, 0.5) is 0 Å². The summed E-state index contributed by atoms with van der Waals surface area (Å²) < 4.78 is 0. The van der Waals surface area contributed by atoms with Crippen LogP contribution in [0, 0.1) is 6.92 Å². The van der Waals surface area contributed by atoms with Gasteiger partial charge < -0.3 is 5.11 Å². The molecule has 0 aliphatic carbocycles. The van der Waals surface area contributed by atoms with Gasteiger partial charge in [-0.25, -0.2) is 0 Å². The number of rotatable bonds is 4. The van der Waals surface area contributed by atoms with Crippen LogP contribution in [0.15, 0.2) is 60.7 Å². The van der Waals surface area contributed by atoms with Crippen LogP contribution < -0.4 is 0 Å². The highest BCUT2D eigenvalue weighted by Gasteiger charge is 2.03. The van der Waals surface area contributed by atoms with Gasteiger partial charge in [0.05, 0.1) is 6.10 Å². The Morgan fingerprint density at radius 3 is 2.39 bits per heavy atom. The third-order valence-electron chi connectivity index (χ3n) is 3.03. The van der Waals surface area contributed by atoms with Crippen LogP contribution in [0.1, 0.15) is 29.2 Å². The van der Waals surface area contributed by atoms with E-state index >= 15 is 0 Å². The lowest BCUT2D eigenvalue weighted by atomic mass is 10.0. The summed E-state index contributed by atoms with van der Waals surface area (Å²) in [4.78, 5) is 0. The molecule has 92 valence electrons. The molecule has 18 heavy (non-hydrogen) atoms. The molecule has 0 aromatic heterocycles. The molecule has 1 N–H and O–H groups in total. The fourth-order valence-corrected chi connectivity index (χ4v) is 1.91. The van der Waals surface area contributed by atoms with Gasteiger partial charge in [-0.3, -0.25) is 0 Å². The topological polar surface area (TPSA) is 20.2 Å². The minimum atomic E-state index is -0.425. The Bertz CT molecular complexity index is 514. The largest absolute Gasteiger partial charge is 0.388 e. The van der Waals surface area contributed by atoms with Crippen molar-refractivity contribution in [3.63, 3.8) is 0 Å². The van der Waals surface area contributed by atoms with Crippen molar-refractivity contribution in [2.45, 2.75) is 19.4 Å². The van der Waals surface area contributed by atoms with Crippen molar-refractivity contribution in [3.8, 4) is 0 Å². The summed E-state index contributed by atoms with van der Waals surface area (Å²) in [5, 5.41) is 10.0. The molecule has 0 aliphatic rings. The van der Waals surface area contributed by atoms with Crippen LogP contribution in [-0.2, 0) is 0 Å². The van der Waals surface area contributed by atoms with Gasteiger partial charge in [0.15, 0.2) is 0 Å². The smallest absolute Gasteiger partial charge is 0.0824 e. The van der Waals surface area contributed by atoms with Crippen molar-refractivity contribution in [1.29, 1.82) is 0 Å². The van der Waals surface area contributed by atoms with E-state index in [0.29, 0.717) is 6.42 Å². The highest BCUT2D eigenvalue weighted by atomic mass is 16.3. The monoisotopic (exact) mass is 238 g/mol. The first-order valence-corrected chi connectivity index (χ1v) is 6.22. The molecule has 0 aliphatic heterocycles. The summed E-state index contributed by atoms with van der Waals surface area (Å²) in [5.74, 6) is 0. The molecule has 1 atom stereocenters. The second-order valence-corrected chi connectivity index (χ2v) is 4.42. The summed E-state index contributed by atoms with van der Waals surface area (Å²) in [5.41, 5.74) is 3.42. The van der Waals surface area contributed by atoms with Gasteiger partial charge in [0.2, 0.25) is 0 Å². The highest BCUT2D eigenvalue weighted by Crippen LogP contribution is 2.17. The Morgan fingerprint density at radius 2 is 1.67 bits per heavy atom. The lowest BCUT2D eigenvalue weighted by Gasteiger charge is -2.07. The fraction of sp³-hybridized carbons (Fsp3) is 0.176. The number of benzene rings is 2. The van der Waals surface area contributed by atoms with Gasteiger partial charge in [0, 0.05) is 0 Å². The van der Waals surface area contributed by atoms with Crippen LogP contribution in [0.3, 0.4) is 0 Å². The molecule has 2 aromatic carbocycles. The molecular formula is C17H18O. The fourth-order valence-electron chi connectivity index (χ4n) is 1.91. The molecule has 1 heteroatoms. The zero-order valence-corrected chi connectivity index (χ0v) is 10.6. The molecule has 0 saturated heterocycles. The van der Waals surface area contributed by atoms with E-state index in [9.17, 15) is 5.11 Å². The zero-order chi connectivity index (χ0) is 12.8. The van der Waals surface area contributed by atoms with Gasteiger partial charge in [-0.1, -0.05) is 66.7 Å². The van der Waals surface area contributed by atoms with E-state index in [-0.39, 0.29) is 0 Å². The van der Waals surface area contributed by atoms with Crippen molar-refractivity contribution >= 4 is 6.08 Å². The lowest BCUT2D eigenvalue weighted by Crippen LogP contribution is -1.94. The van der Waals surface area contributed by atoms with Gasteiger partial charge in [-0.2, -0.15) is 0 Å². The van der Waals surface area contributed by atoms with Crippen LogP contribution in [-0.4, -0.2) is 5.11 Å². The molecule has 2 rings (SSSR count). The van der Waals surface area contributed by atoms with Gasteiger partial charge in [-0.15, -0.1) is 0 Å². The van der Waals surface area contributed by atoms with E-state index in [1.807, 2.05) is 48.5 Å². The van der Waals surface area contributed by atoms with E-state index in [1.165, 1.54) is 11.1 Å². The minimum Gasteiger partial charge on any atom is -0.388 e. The summed E-state index contributed by atoms with van der Waals surface area (Å²) in [6.07, 6.45) is 4.31. The SMILES string of the molecule is Cc1ccccc1C=CCC(O)c1ccccc1. The van der Waals surface area contributed by atoms with E-state index in [4.69, 9.17) is 0 Å². The Hall–Kier alpha value is -1.86. The molecule has 0 amide bonds. The van der Waals surface area contributed by atoms with E-state index in [2.05, 4.69) is 25.1 Å². The van der Waals surface area contributed by atoms with Crippen LogP contribution in [0.25, 0.3) is 6.08 Å². The first-order chi connectivity index (χ1) is 8.77. The third-order valence-corrected chi connectivity index (χ3v) is 3.03. The van der Waals surface area contributed by atoms with E-state index in [1.54, 1.807) is 0 Å². The molecule has 1 nitrogen and oxygen atoms in total. The van der Waals surface area contributed by atoms with Crippen molar-refractivity contribution in [2.24, 2.45) is 0 Å². The van der Waals surface area contributed by atoms with Crippen molar-refractivity contribution in [1.82, 2.24) is 0 Å². The number of aryl methyl sites for hydroxylation is 1. The average Bonchev–Trinajstić information content (AvgIpc) is 2.42. The maximum absolute atomic E-state index is 10.0. The third kappa shape index (κ3) is 3.31. The predicted molar refractivity (Wildman–Crippen MR) is 76.2 cm³/mol. The molecular weight excluding hydrogens is 220 g/mol. The zero-order valence-electron chi connectivity index (χ0n) is 10.6. The van der Waals surface area contributed by atoms with Crippen molar-refractivity contribution in [2.75, 3.05) is 0 Å². The second kappa shape index (κ2) is 6.18. The molecule has 0 saturated carbocycles. The molecule has 0 heterocycles. The molecule has 0 bridgehead atoms. The molecule has 2 aromatic rings. The van der Waals surface area contributed by atoms with Crippen LogP contribution in [0.5, 0.6) is 0 Å². The standard InChI is InChI=1S/C17H18O/c1-14-8-5-6-9-15(14)12-7-13-17(18)16-10-3-2-4-11-16/h2-12,17-18H,13H2,1H3. The van der Waals surface area contributed by atoms with Crippen molar-refractivity contribution in [3.05, 3.63) is 77.4 Å². The Morgan fingerprint density at radius 1 is 1.00 bits per heavy atom. The van der Waals surface area contributed by atoms with Crippen LogP contribution in [0.2, 0.25) is 0 Å². The first-order valence-electron chi connectivity index (χ1n) is 6.22. The highest BCUT2D eigenvalue weighted by molar-refractivity contribution is 5.53. The Balaban J connectivity index is 1.98. The minimum absolute atomic E-state index is 0.425. The average molecular weight is 238 g/mol. The summed E-state index contributed by atoms with van der Waals surface area (Å²) >= 11 is 0. The predicted octanol–water partition coefficient (Wildman–Crippen LogP) is 4.13. The van der Waals surface area contributed by atoms with Crippen LogP contribution >= 0.6 is 0 Å². The molecule has 0 spiro atoms. The number of hydrogen-bond acceptors (Lipinski definition) is 1. The first kappa shape index (κ1) is 12.6. The molecule has 1 unspecified atom stereocenters. The summed E-state index contributed by atoms with van der Waals surface area (Å²) in [6.45, 7) is 2.09. The summed E-state index contributed by atoms with van der Waals surface area (Å²) in [7, 11) is 0. The van der Waals surface area contributed by atoms with Gasteiger partial charge in [0.25, 0.3) is 0 Å². The maximum atomic E-state index is 10.0. The second-order valence-electron chi connectivity index (χ2n) is 4.42. The van der Waals surface area contributed by atoms with E-state index < -0.39 is 6.10 Å². The number of hydrogen-bond donors (Lipinski definition) is 1. The van der Waals surface area contributed by atoms with Crippen molar-refractivity contribution < 1.29 is 5.11 Å². The van der Waals surface area contributed by atoms with E-state index in [0.717, 1.165) is 5.56 Å².